The van der Waals surface area contributed by atoms with Crippen LogP contribution in [0.1, 0.15) is 39.4 Å². The van der Waals surface area contributed by atoms with Crippen LogP contribution < -0.4 is 5.32 Å². The number of carbonyl (C=O) groups is 2. The van der Waals surface area contributed by atoms with E-state index in [-0.39, 0.29) is 30.3 Å². The monoisotopic (exact) mass is 294 g/mol. The topological polar surface area (TPSA) is 88.3 Å². The van der Waals surface area contributed by atoms with Crippen LogP contribution in [-0.4, -0.2) is 39.9 Å². The van der Waals surface area contributed by atoms with Crippen molar-refractivity contribution in [2.24, 2.45) is 0 Å². The molecule has 0 saturated heterocycles. The minimum Gasteiger partial charge on any atom is -0.345 e. The number of aromatic nitrogens is 2. The lowest BCUT2D eigenvalue weighted by molar-refractivity contribution is -0.132. The lowest BCUT2D eigenvalue weighted by Gasteiger charge is -2.17. The van der Waals surface area contributed by atoms with E-state index in [9.17, 15) is 9.59 Å². The molecule has 1 rings (SSSR count). The highest BCUT2D eigenvalue weighted by Gasteiger charge is 2.21. The van der Waals surface area contributed by atoms with E-state index >= 15 is 0 Å². The van der Waals surface area contributed by atoms with Crippen molar-refractivity contribution in [1.82, 2.24) is 20.4 Å². The Balaban J connectivity index is 2.51. The quantitative estimate of drug-likeness (QED) is 0.791. The predicted octanol–water partition coefficient (Wildman–Crippen LogP) is 1.02. The summed E-state index contributed by atoms with van der Waals surface area (Å²) in [5.74, 6) is 0.359. The maximum Gasteiger partial charge on any atom is 0.246 e. The van der Waals surface area contributed by atoms with E-state index < -0.39 is 0 Å². The number of amides is 2. The summed E-state index contributed by atoms with van der Waals surface area (Å²) >= 11 is 0. The number of hydrogen-bond acceptors (Lipinski definition) is 5. The fraction of sp³-hybridized carbons (Fsp3) is 0.571. The molecule has 7 heteroatoms. The lowest BCUT2D eigenvalue weighted by atomic mass is 9.96. The summed E-state index contributed by atoms with van der Waals surface area (Å²) < 4.78 is 5.07. The van der Waals surface area contributed by atoms with E-state index in [0.29, 0.717) is 18.3 Å². The zero-order valence-corrected chi connectivity index (χ0v) is 13.0. The smallest absolute Gasteiger partial charge is 0.246 e. The van der Waals surface area contributed by atoms with Crippen molar-refractivity contribution in [1.29, 1.82) is 0 Å². The van der Waals surface area contributed by atoms with Gasteiger partial charge in [-0.1, -0.05) is 32.5 Å². The van der Waals surface area contributed by atoms with E-state index in [0.717, 1.165) is 0 Å². The Hall–Kier alpha value is -2.18. The third-order valence-corrected chi connectivity index (χ3v) is 2.78. The molecule has 0 aromatic carbocycles. The third kappa shape index (κ3) is 5.02. The molecule has 21 heavy (non-hydrogen) atoms. The van der Waals surface area contributed by atoms with Gasteiger partial charge in [0.2, 0.25) is 17.7 Å². The van der Waals surface area contributed by atoms with Gasteiger partial charge in [0.1, 0.15) is 0 Å². The van der Waals surface area contributed by atoms with E-state index in [2.05, 4.69) is 22.0 Å². The molecule has 1 aromatic heterocycles. The molecule has 0 radical (unpaired) electrons. The standard InChI is InChI=1S/C14H22N4O3/c1-6-12(20)18(7-2)9-10(19)15-8-11-16-13(17-21-11)14(3,4)5/h6H,1,7-9H2,2-5H3,(H,15,19). The first-order valence-electron chi connectivity index (χ1n) is 6.79. The molecular formula is C14H22N4O3. The van der Waals surface area contributed by atoms with Crippen LogP contribution in [0.5, 0.6) is 0 Å². The predicted molar refractivity (Wildman–Crippen MR) is 77.3 cm³/mol. The van der Waals surface area contributed by atoms with Crippen LogP contribution >= 0.6 is 0 Å². The molecule has 0 spiro atoms. The van der Waals surface area contributed by atoms with Gasteiger partial charge in [0.25, 0.3) is 0 Å². The zero-order chi connectivity index (χ0) is 16.0. The fourth-order valence-electron chi connectivity index (χ4n) is 1.51. The van der Waals surface area contributed by atoms with Crippen LogP contribution in [0.3, 0.4) is 0 Å². The van der Waals surface area contributed by atoms with Crippen molar-refractivity contribution >= 4 is 11.8 Å². The molecule has 0 bridgehead atoms. The number of carbonyl (C=O) groups excluding carboxylic acids is 2. The van der Waals surface area contributed by atoms with Crippen molar-refractivity contribution in [3.63, 3.8) is 0 Å². The number of rotatable bonds is 6. The van der Waals surface area contributed by atoms with E-state index in [1.165, 1.54) is 11.0 Å². The molecule has 2 amide bonds. The van der Waals surface area contributed by atoms with Crippen LogP contribution in [-0.2, 0) is 21.5 Å². The Morgan fingerprint density at radius 1 is 1.43 bits per heavy atom. The van der Waals surface area contributed by atoms with Crippen molar-refractivity contribution in [2.45, 2.75) is 39.7 Å². The first-order chi connectivity index (χ1) is 9.77. The first-order valence-corrected chi connectivity index (χ1v) is 6.79. The molecule has 7 nitrogen and oxygen atoms in total. The van der Waals surface area contributed by atoms with Crippen molar-refractivity contribution in [2.75, 3.05) is 13.1 Å². The van der Waals surface area contributed by atoms with Gasteiger partial charge in [-0.25, -0.2) is 0 Å². The Morgan fingerprint density at radius 2 is 2.10 bits per heavy atom. The lowest BCUT2D eigenvalue weighted by Crippen LogP contribution is -2.39. The van der Waals surface area contributed by atoms with Crippen molar-refractivity contribution in [3.05, 3.63) is 24.4 Å². The third-order valence-electron chi connectivity index (χ3n) is 2.78. The highest BCUT2D eigenvalue weighted by molar-refractivity contribution is 5.90. The zero-order valence-electron chi connectivity index (χ0n) is 13.0. The van der Waals surface area contributed by atoms with Gasteiger partial charge in [0.05, 0.1) is 13.1 Å². The summed E-state index contributed by atoms with van der Waals surface area (Å²) in [7, 11) is 0. The summed E-state index contributed by atoms with van der Waals surface area (Å²) in [6, 6.07) is 0. The SMILES string of the molecule is C=CC(=O)N(CC)CC(=O)NCc1nc(C(C)(C)C)no1. The molecule has 0 atom stereocenters. The van der Waals surface area contributed by atoms with E-state index in [4.69, 9.17) is 4.52 Å². The molecule has 0 aliphatic heterocycles. The number of nitrogens with one attached hydrogen (secondary N) is 1. The van der Waals surface area contributed by atoms with E-state index in [1.807, 2.05) is 20.8 Å². The Kier molecular flexibility index (Phi) is 5.63. The number of hydrogen-bond donors (Lipinski definition) is 1. The molecule has 1 aromatic rings. The van der Waals surface area contributed by atoms with Crippen molar-refractivity contribution in [3.8, 4) is 0 Å². The Bertz CT molecular complexity index is 517. The Morgan fingerprint density at radius 3 is 2.57 bits per heavy atom. The molecule has 1 heterocycles. The van der Waals surface area contributed by atoms with Gasteiger partial charge in [-0.2, -0.15) is 4.98 Å². The van der Waals surface area contributed by atoms with Gasteiger partial charge in [0, 0.05) is 12.0 Å². The minimum atomic E-state index is -0.289. The first kappa shape index (κ1) is 16.9. The molecule has 0 aliphatic carbocycles. The maximum atomic E-state index is 11.8. The average molecular weight is 294 g/mol. The largest absolute Gasteiger partial charge is 0.345 e. The van der Waals surface area contributed by atoms with Gasteiger partial charge < -0.3 is 14.7 Å². The Labute approximate surface area is 124 Å². The van der Waals surface area contributed by atoms with Gasteiger partial charge in [-0.15, -0.1) is 0 Å². The van der Waals surface area contributed by atoms with Crippen LogP contribution in [0.15, 0.2) is 17.2 Å². The van der Waals surface area contributed by atoms with Crippen LogP contribution in [0.4, 0.5) is 0 Å². The molecule has 0 saturated carbocycles. The number of likely N-dealkylation sites (N-methyl/N-ethyl adjacent to an activating group) is 1. The van der Waals surface area contributed by atoms with Crippen LogP contribution in [0.25, 0.3) is 0 Å². The highest BCUT2D eigenvalue weighted by Crippen LogP contribution is 2.18. The van der Waals surface area contributed by atoms with Crippen molar-refractivity contribution < 1.29 is 14.1 Å². The minimum absolute atomic E-state index is 0.0262. The second-order valence-corrected chi connectivity index (χ2v) is 5.59. The van der Waals surface area contributed by atoms with E-state index in [1.54, 1.807) is 6.92 Å². The summed E-state index contributed by atoms with van der Waals surface area (Å²) in [6.45, 7) is 11.7. The average Bonchev–Trinajstić information content (AvgIpc) is 2.90. The molecule has 0 fully saturated rings. The molecule has 116 valence electrons. The van der Waals surface area contributed by atoms with Gasteiger partial charge in [-0.3, -0.25) is 9.59 Å². The highest BCUT2D eigenvalue weighted by atomic mass is 16.5. The normalized spacial score (nSPS) is 11.0. The maximum absolute atomic E-state index is 11.8. The summed E-state index contributed by atoms with van der Waals surface area (Å²) in [6.07, 6.45) is 1.18. The van der Waals surface area contributed by atoms with Gasteiger partial charge in [0.15, 0.2) is 5.82 Å². The second-order valence-electron chi connectivity index (χ2n) is 5.59. The summed E-state index contributed by atoms with van der Waals surface area (Å²) in [4.78, 5) is 28.8. The molecular weight excluding hydrogens is 272 g/mol. The summed E-state index contributed by atoms with van der Waals surface area (Å²) in [5.41, 5.74) is -0.207. The fourth-order valence-corrected chi connectivity index (χ4v) is 1.51. The van der Waals surface area contributed by atoms with Gasteiger partial charge >= 0.3 is 0 Å². The molecule has 0 aliphatic rings. The molecule has 0 unspecified atom stereocenters. The van der Waals surface area contributed by atoms with Crippen LogP contribution in [0, 0.1) is 0 Å². The van der Waals surface area contributed by atoms with Gasteiger partial charge in [-0.05, 0) is 13.0 Å². The second kappa shape index (κ2) is 7.01. The number of nitrogens with zero attached hydrogens (tertiary/aromatic N) is 3. The van der Waals surface area contributed by atoms with Crippen LogP contribution in [0.2, 0.25) is 0 Å². The summed E-state index contributed by atoms with van der Waals surface area (Å²) in [5, 5.41) is 6.51. The molecule has 1 N–H and O–H groups in total.